The van der Waals surface area contributed by atoms with Crippen molar-refractivity contribution in [1.82, 2.24) is 0 Å². The van der Waals surface area contributed by atoms with Crippen molar-refractivity contribution < 1.29 is 13.6 Å². The Morgan fingerprint density at radius 3 is 2.62 bits per heavy atom. The largest absolute Gasteiger partial charge is 0.235 e. The highest BCUT2D eigenvalue weighted by atomic mass is 35.5. The summed E-state index contributed by atoms with van der Waals surface area (Å²) in [6, 6.07) is 1.74. The molecule has 0 saturated carbocycles. The SMILES string of the molecule is O=C=NCc1cc(F)c(F)cc1Cl. The molecule has 0 unspecified atom stereocenters. The lowest BCUT2D eigenvalue weighted by molar-refractivity contribution is 0.507. The van der Waals surface area contributed by atoms with Crippen molar-refractivity contribution in [2.24, 2.45) is 4.99 Å². The van der Waals surface area contributed by atoms with E-state index in [0.29, 0.717) is 0 Å². The van der Waals surface area contributed by atoms with Crippen LogP contribution in [0.15, 0.2) is 17.1 Å². The molecule has 13 heavy (non-hydrogen) atoms. The molecule has 68 valence electrons. The molecule has 0 saturated heterocycles. The van der Waals surface area contributed by atoms with Crippen LogP contribution in [0.3, 0.4) is 0 Å². The summed E-state index contributed by atoms with van der Waals surface area (Å²) in [6.45, 7) is -0.0977. The molecule has 0 aliphatic carbocycles. The lowest BCUT2D eigenvalue weighted by Gasteiger charge is -2.00. The van der Waals surface area contributed by atoms with Crippen LogP contribution in [-0.2, 0) is 11.3 Å². The molecule has 0 bridgehead atoms. The third-order valence-electron chi connectivity index (χ3n) is 1.40. The fourth-order valence-electron chi connectivity index (χ4n) is 0.802. The summed E-state index contributed by atoms with van der Waals surface area (Å²) in [5.74, 6) is -2.04. The van der Waals surface area contributed by atoms with Crippen molar-refractivity contribution >= 4 is 17.7 Å². The van der Waals surface area contributed by atoms with Gasteiger partial charge in [-0.3, -0.25) is 0 Å². The predicted octanol–water partition coefficient (Wildman–Crippen LogP) is 2.45. The molecule has 1 aromatic carbocycles. The second kappa shape index (κ2) is 4.12. The molecule has 0 aliphatic heterocycles. The van der Waals surface area contributed by atoms with E-state index in [-0.39, 0.29) is 17.1 Å². The number of carbonyl (C=O) groups excluding carboxylic acids is 1. The fourth-order valence-corrected chi connectivity index (χ4v) is 1.01. The van der Waals surface area contributed by atoms with Gasteiger partial charge < -0.3 is 0 Å². The summed E-state index contributed by atoms with van der Waals surface area (Å²) in [7, 11) is 0. The van der Waals surface area contributed by atoms with Crippen molar-refractivity contribution in [3.05, 3.63) is 34.4 Å². The predicted molar refractivity (Wildman–Crippen MR) is 43.2 cm³/mol. The van der Waals surface area contributed by atoms with Crippen LogP contribution in [0.25, 0.3) is 0 Å². The molecule has 0 aromatic heterocycles. The molecule has 1 aromatic rings. The highest BCUT2D eigenvalue weighted by molar-refractivity contribution is 6.31. The van der Waals surface area contributed by atoms with E-state index in [2.05, 4.69) is 4.99 Å². The summed E-state index contributed by atoms with van der Waals surface area (Å²) in [4.78, 5) is 12.9. The quantitative estimate of drug-likeness (QED) is 0.412. The Labute approximate surface area is 77.9 Å². The lowest BCUT2D eigenvalue weighted by Crippen LogP contribution is -1.90. The molecular weight excluding hydrogens is 200 g/mol. The molecule has 0 fully saturated rings. The normalized spacial score (nSPS) is 9.46. The van der Waals surface area contributed by atoms with E-state index < -0.39 is 11.6 Å². The van der Waals surface area contributed by atoms with Gasteiger partial charge in [-0.25, -0.2) is 18.6 Å². The third kappa shape index (κ3) is 2.34. The average Bonchev–Trinajstić information content (AvgIpc) is 2.09. The molecule has 0 aliphatic rings. The first-order chi connectivity index (χ1) is 6.15. The van der Waals surface area contributed by atoms with E-state index in [4.69, 9.17) is 11.6 Å². The molecule has 2 nitrogen and oxygen atoms in total. The van der Waals surface area contributed by atoms with Gasteiger partial charge in [0.15, 0.2) is 11.6 Å². The molecule has 0 spiro atoms. The molecule has 5 heteroatoms. The van der Waals surface area contributed by atoms with E-state index in [1.165, 1.54) is 6.08 Å². The fraction of sp³-hybridized carbons (Fsp3) is 0.125. The van der Waals surface area contributed by atoms with Gasteiger partial charge in [-0.2, -0.15) is 0 Å². The van der Waals surface area contributed by atoms with Crippen LogP contribution in [0.4, 0.5) is 8.78 Å². The number of halogens is 3. The third-order valence-corrected chi connectivity index (χ3v) is 1.76. The number of hydrogen-bond acceptors (Lipinski definition) is 2. The maximum atomic E-state index is 12.6. The molecule has 0 atom stereocenters. The molecule has 0 radical (unpaired) electrons. The van der Waals surface area contributed by atoms with Gasteiger partial charge in [0.25, 0.3) is 0 Å². The Bertz CT molecular complexity index is 375. The highest BCUT2D eigenvalue weighted by Gasteiger charge is 2.07. The van der Waals surface area contributed by atoms with Crippen LogP contribution in [0.1, 0.15) is 5.56 Å². The van der Waals surface area contributed by atoms with E-state index in [0.717, 1.165) is 12.1 Å². The Hall–Kier alpha value is -1.25. The van der Waals surface area contributed by atoms with Gasteiger partial charge >= 0.3 is 0 Å². The van der Waals surface area contributed by atoms with Gasteiger partial charge in [-0.1, -0.05) is 11.6 Å². The minimum absolute atomic E-state index is 0.0397. The van der Waals surface area contributed by atoms with Crippen molar-refractivity contribution in [1.29, 1.82) is 0 Å². The smallest absolute Gasteiger partial charge is 0.211 e. The van der Waals surface area contributed by atoms with Gasteiger partial charge in [0.2, 0.25) is 6.08 Å². The maximum absolute atomic E-state index is 12.6. The van der Waals surface area contributed by atoms with Crippen LogP contribution in [0, 0.1) is 11.6 Å². The Morgan fingerprint density at radius 2 is 2.00 bits per heavy atom. The van der Waals surface area contributed by atoms with Gasteiger partial charge in [0, 0.05) is 5.02 Å². The van der Waals surface area contributed by atoms with Crippen molar-refractivity contribution in [2.45, 2.75) is 6.54 Å². The topological polar surface area (TPSA) is 29.4 Å². The first kappa shape index (κ1) is 9.84. The number of nitrogens with zero attached hydrogens (tertiary/aromatic N) is 1. The standard InChI is InChI=1S/C8H4ClF2NO/c9-6-2-8(11)7(10)1-5(6)3-12-4-13/h1-2H,3H2. The summed E-state index contributed by atoms with van der Waals surface area (Å²) >= 11 is 5.54. The van der Waals surface area contributed by atoms with Crippen LogP contribution in [0.5, 0.6) is 0 Å². The van der Waals surface area contributed by atoms with Crippen molar-refractivity contribution in [3.8, 4) is 0 Å². The summed E-state index contributed by atoms with van der Waals surface area (Å²) in [6.07, 6.45) is 1.28. The second-order valence-corrected chi connectivity index (χ2v) is 2.67. The van der Waals surface area contributed by atoms with Crippen LogP contribution < -0.4 is 0 Å². The monoisotopic (exact) mass is 203 g/mol. The lowest BCUT2D eigenvalue weighted by atomic mass is 10.2. The van der Waals surface area contributed by atoms with Crippen LogP contribution in [0.2, 0.25) is 5.02 Å². The second-order valence-electron chi connectivity index (χ2n) is 2.27. The van der Waals surface area contributed by atoms with Crippen molar-refractivity contribution in [2.75, 3.05) is 0 Å². The molecule has 0 heterocycles. The average molecular weight is 204 g/mol. The van der Waals surface area contributed by atoms with Gasteiger partial charge in [0.1, 0.15) is 0 Å². The first-order valence-electron chi connectivity index (χ1n) is 3.32. The maximum Gasteiger partial charge on any atom is 0.235 e. The molecular formula is C8H4ClF2NO. The Morgan fingerprint density at radius 1 is 1.38 bits per heavy atom. The number of rotatable bonds is 2. The molecule has 0 N–H and O–H groups in total. The van der Waals surface area contributed by atoms with E-state index >= 15 is 0 Å². The van der Waals surface area contributed by atoms with Gasteiger partial charge in [-0.05, 0) is 17.7 Å². The van der Waals surface area contributed by atoms with Crippen LogP contribution >= 0.6 is 11.6 Å². The van der Waals surface area contributed by atoms with Gasteiger partial charge in [-0.15, -0.1) is 0 Å². The van der Waals surface area contributed by atoms with E-state index in [9.17, 15) is 13.6 Å². The highest BCUT2D eigenvalue weighted by Crippen LogP contribution is 2.20. The number of aliphatic imine (C=N–C) groups is 1. The summed E-state index contributed by atoms with van der Waals surface area (Å²) < 4.78 is 25.1. The van der Waals surface area contributed by atoms with E-state index in [1.54, 1.807) is 0 Å². The van der Waals surface area contributed by atoms with E-state index in [1.807, 2.05) is 0 Å². The zero-order valence-electron chi connectivity index (χ0n) is 6.35. The molecule has 0 amide bonds. The minimum atomic E-state index is -1.02. The summed E-state index contributed by atoms with van der Waals surface area (Å²) in [5, 5.41) is 0.0397. The summed E-state index contributed by atoms with van der Waals surface area (Å²) in [5.41, 5.74) is 0.254. The minimum Gasteiger partial charge on any atom is -0.211 e. The zero-order chi connectivity index (χ0) is 9.84. The molecule has 1 rings (SSSR count). The number of hydrogen-bond donors (Lipinski definition) is 0. The van der Waals surface area contributed by atoms with Crippen molar-refractivity contribution in [3.63, 3.8) is 0 Å². The number of benzene rings is 1. The zero-order valence-corrected chi connectivity index (χ0v) is 7.11. The van der Waals surface area contributed by atoms with Gasteiger partial charge in [0.05, 0.1) is 6.54 Å². The Kier molecular flexibility index (Phi) is 3.12. The first-order valence-corrected chi connectivity index (χ1v) is 3.70. The van der Waals surface area contributed by atoms with Crippen LogP contribution in [-0.4, -0.2) is 6.08 Å². The number of isocyanates is 1. The Balaban J connectivity index is 3.07.